The Kier molecular flexibility index (Phi) is 4.33. The van der Waals surface area contributed by atoms with Crippen LogP contribution in [-0.4, -0.2) is 29.0 Å². The zero-order valence-electron chi connectivity index (χ0n) is 13.1. The molecule has 1 atom stereocenters. The normalized spacial score (nSPS) is 17.5. The van der Waals surface area contributed by atoms with Crippen LogP contribution in [0.3, 0.4) is 0 Å². The van der Waals surface area contributed by atoms with Gasteiger partial charge in [0, 0.05) is 19.0 Å². The summed E-state index contributed by atoms with van der Waals surface area (Å²) in [6, 6.07) is 11.8. The minimum absolute atomic E-state index is 0.0969. The van der Waals surface area contributed by atoms with Crippen LogP contribution in [0.15, 0.2) is 42.5 Å². The van der Waals surface area contributed by atoms with Gasteiger partial charge in [0.25, 0.3) is 0 Å². The van der Waals surface area contributed by atoms with Gasteiger partial charge in [0.05, 0.1) is 6.42 Å². The molecule has 2 aromatic rings. The molecule has 1 N–H and O–H groups in total. The van der Waals surface area contributed by atoms with E-state index < -0.39 is 0 Å². The molecule has 3 nitrogen and oxygen atoms in total. The van der Waals surface area contributed by atoms with E-state index in [1.165, 1.54) is 12.1 Å². The lowest BCUT2D eigenvalue weighted by Crippen LogP contribution is -2.29. The average Bonchev–Trinajstić information content (AvgIpc) is 3.02. The number of likely N-dealkylation sites (tertiary alicyclic amines) is 1. The van der Waals surface area contributed by atoms with Crippen molar-refractivity contribution in [1.29, 1.82) is 0 Å². The van der Waals surface area contributed by atoms with Crippen molar-refractivity contribution in [3.8, 4) is 5.75 Å². The van der Waals surface area contributed by atoms with Crippen molar-refractivity contribution in [1.82, 2.24) is 4.90 Å². The third kappa shape index (κ3) is 3.52. The zero-order valence-corrected chi connectivity index (χ0v) is 13.1. The Balaban J connectivity index is 1.63. The van der Waals surface area contributed by atoms with Crippen molar-refractivity contribution >= 4 is 5.91 Å². The van der Waals surface area contributed by atoms with Gasteiger partial charge in [0.2, 0.25) is 5.91 Å². The van der Waals surface area contributed by atoms with E-state index in [-0.39, 0.29) is 23.4 Å². The minimum atomic E-state index is -0.234. The molecule has 1 heterocycles. The lowest BCUT2D eigenvalue weighted by atomic mass is 9.98. The number of hydrogen-bond donors (Lipinski definition) is 1. The second kappa shape index (κ2) is 6.41. The van der Waals surface area contributed by atoms with Crippen molar-refractivity contribution in [2.45, 2.75) is 25.7 Å². The summed E-state index contributed by atoms with van der Waals surface area (Å²) in [7, 11) is 0. The number of phenols is 1. The van der Waals surface area contributed by atoms with Crippen molar-refractivity contribution < 1.29 is 14.3 Å². The minimum Gasteiger partial charge on any atom is -0.508 e. The second-order valence-corrected chi connectivity index (χ2v) is 6.17. The van der Waals surface area contributed by atoms with Crippen LogP contribution in [-0.2, 0) is 11.2 Å². The van der Waals surface area contributed by atoms with Gasteiger partial charge in [-0.2, -0.15) is 0 Å². The molecule has 3 rings (SSSR count). The van der Waals surface area contributed by atoms with Gasteiger partial charge >= 0.3 is 0 Å². The third-order valence-electron chi connectivity index (χ3n) is 4.50. The van der Waals surface area contributed by atoms with E-state index in [0.29, 0.717) is 13.0 Å². The molecule has 0 aromatic heterocycles. The molecular formula is C19H20FNO2. The Morgan fingerprint density at radius 3 is 2.70 bits per heavy atom. The van der Waals surface area contributed by atoms with Gasteiger partial charge in [-0.3, -0.25) is 4.79 Å². The maximum Gasteiger partial charge on any atom is 0.227 e. The van der Waals surface area contributed by atoms with Crippen LogP contribution in [0.2, 0.25) is 0 Å². The quantitative estimate of drug-likeness (QED) is 0.943. The molecule has 0 bridgehead atoms. The first-order chi connectivity index (χ1) is 11.0. The van der Waals surface area contributed by atoms with E-state index in [9.17, 15) is 14.3 Å². The van der Waals surface area contributed by atoms with Crippen molar-refractivity contribution in [3.05, 3.63) is 65.0 Å². The summed E-state index contributed by atoms with van der Waals surface area (Å²) >= 11 is 0. The van der Waals surface area contributed by atoms with Crippen LogP contribution in [0.1, 0.15) is 29.0 Å². The number of carbonyl (C=O) groups is 1. The molecule has 120 valence electrons. The van der Waals surface area contributed by atoms with Gasteiger partial charge in [0.15, 0.2) is 0 Å². The molecule has 2 aromatic carbocycles. The molecule has 1 aliphatic rings. The van der Waals surface area contributed by atoms with Gasteiger partial charge in [-0.15, -0.1) is 0 Å². The number of hydrogen-bond acceptors (Lipinski definition) is 2. The molecule has 23 heavy (non-hydrogen) atoms. The SMILES string of the molecule is Cc1cc(CC(=O)N2CCC(c3ccc(F)cc3)C2)ccc1O. The number of aromatic hydroxyl groups is 1. The van der Waals surface area contributed by atoms with Gasteiger partial charge in [0.1, 0.15) is 11.6 Å². The number of rotatable bonds is 3. The molecule has 1 unspecified atom stereocenters. The fraction of sp³-hybridized carbons (Fsp3) is 0.316. The lowest BCUT2D eigenvalue weighted by Gasteiger charge is -2.17. The lowest BCUT2D eigenvalue weighted by molar-refractivity contribution is -0.129. The maximum absolute atomic E-state index is 13.0. The second-order valence-electron chi connectivity index (χ2n) is 6.17. The summed E-state index contributed by atoms with van der Waals surface area (Å²) in [4.78, 5) is 14.3. The summed E-state index contributed by atoms with van der Waals surface area (Å²) in [6.45, 7) is 3.24. The number of carbonyl (C=O) groups excluding carboxylic acids is 1. The van der Waals surface area contributed by atoms with E-state index in [2.05, 4.69) is 0 Å². The molecule has 1 amide bonds. The topological polar surface area (TPSA) is 40.5 Å². The first-order valence-corrected chi connectivity index (χ1v) is 7.84. The first kappa shape index (κ1) is 15.5. The molecule has 0 saturated carbocycles. The van der Waals surface area contributed by atoms with Crippen molar-refractivity contribution in [3.63, 3.8) is 0 Å². The highest BCUT2D eigenvalue weighted by Gasteiger charge is 2.27. The molecular weight excluding hydrogens is 293 g/mol. The Morgan fingerprint density at radius 1 is 1.26 bits per heavy atom. The number of nitrogens with zero attached hydrogens (tertiary/aromatic N) is 1. The Labute approximate surface area is 135 Å². The van der Waals surface area contributed by atoms with E-state index >= 15 is 0 Å². The molecule has 1 aliphatic heterocycles. The highest BCUT2D eigenvalue weighted by molar-refractivity contribution is 5.79. The van der Waals surface area contributed by atoms with E-state index in [0.717, 1.165) is 29.7 Å². The summed E-state index contributed by atoms with van der Waals surface area (Å²) in [5.41, 5.74) is 2.78. The summed E-state index contributed by atoms with van der Waals surface area (Å²) in [5, 5.41) is 9.55. The number of amides is 1. The third-order valence-corrected chi connectivity index (χ3v) is 4.50. The Hall–Kier alpha value is -2.36. The van der Waals surface area contributed by atoms with Gasteiger partial charge in [-0.05, 0) is 48.2 Å². The first-order valence-electron chi connectivity index (χ1n) is 7.84. The van der Waals surface area contributed by atoms with Crippen LogP contribution >= 0.6 is 0 Å². The summed E-state index contributed by atoms with van der Waals surface area (Å²) in [5.74, 6) is 0.391. The Bertz CT molecular complexity index is 712. The predicted molar refractivity (Wildman–Crippen MR) is 86.9 cm³/mol. The monoisotopic (exact) mass is 313 g/mol. The van der Waals surface area contributed by atoms with Crippen LogP contribution in [0.4, 0.5) is 4.39 Å². The summed E-state index contributed by atoms with van der Waals surface area (Å²) < 4.78 is 13.0. The average molecular weight is 313 g/mol. The summed E-state index contributed by atoms with van der Waals surface area (Å²) in [6.07, 6.45) is 1.25. The van der Waals surface area contributed by atoms with Gasteiger partial charge < -0.3 is 10.0 Å². The standard InChI is InChI=1S/C19H20FNO2/c1-13-10-14(2-7-18(13)22)11-19(23)21-9-8-16(12-21)15-3-5-17(20)6-4-15/h2-7,10,16,22H,8-9,11-12H2,1H3. The molecule has 0 radical (unpaired) electrons. The molecule has 1 fully saturated rings. The molecule has 4 heteroatoms. The van der Waals surface area contributed by atoms with Crippen LogP contribution in [0.5, 0.6) is 5.75 Å². The predicted octanol–water partition coefficient (Wildman–Crippen LogP) is 3.40. The van der Waals surface area contributed by atoms with Gasteiger partial charge in [-0.25, -0.2) is 4.39 Å². The Morgan fingerprint density at radius 2 is 2.00 bits per heavy atom. The fourth-order valence-electron chi connectivity index (χ4n) is 3.11. The van der Waals surface area contributed by atoms with Crippen LogP contribution in [0.25, 0.3) is 0 Å². The van der Waals surface area contributed by atoms with Gasteiger partial charge in [-0.1, -0.05) is 24.3 Å². The molecule has 0 spiro atoms. The number of benzene rings is 2. The van der Waals surface area contributed by atoms with Crippen molar-refractivity contribution in [2.24, 2.45) is 0 Å². The number of aryl methyl sites for hydroxylation is 1. The maximum atomic E-state index is 13.0. The van der Waals surface area contributed by atoms with E-state index in [1.54, 1.807) is 24.3 Å². The van der Waals surface area contributed by atoms with Crippen molar-refractivity contribution in [2.75, 3.05) is 13.1 Å². The van der Waals surface area contributed by atoms with E-state index in [1.807, 2.05) is 17.9 Å². The fourth-order valence-corrected chi connectivity index (χ4v) is 3.11. The molecule has 1 saturated heterocycles. The smallest absolute Gasteiger partial charge is 0.227 e. The number of halogens is 1. The highest BCUT2D eigenvalue weighted by atomic mass is 19.1. The van der Waals surface area contributed by atoms with Crippen LogP contribution < -0.4 is 0 Å². The van der Waals surface area contributed by atoms with E-state index in [4.69, 9.17) is 0 Å². The zero-order chi connectivity index (χ0) is 16.4. The van der Waals surface area contributed by atoms with Crippen LogP contribution in [0, 0.1) is 12.7 Å². The largest absolute Gasteiger partial charge is 0.508 e. The highest BCUT2D eigenvalue weighted by Crippen LogP contribution is 2.28. The molecule has 0 aliphatic carbocycles. The number of phenolic OH excluding ortho intramolecular Hbond substituents is 1.